The summed E-state index contributed by atoms with van der Waals surface area (Å²) in [5.74, 6) is 1.94. The maximum atomic E-state index is 12.6. The van der Waals surface area contributed by atoms with Crippen LogP contribution in [-0.4, -0.2) is 12.1 Å². The molecule has 0 aromatic rings. The van der Waals surface area contributed by atoms with E-state index >= 15 is 0 Å². The standard InChI is InChI=1S/C20H32O2/c1-7-16-14(4)9-10-15-11-13(3)12-17(18(15)16)22-19(21)20(5,6)8-2/h9-11,13-14,16-18H,7-8,12H2,1-6H3. The zero-order chi connectivity index (χ0) is 16.5. The molecule has 124 valence electrons. The summed E-state index contributed by atoms with van der Waals surface area (Å²) < 4.78 is 6.05. The van der Waals surface area contributed by atoms with Gasteiger partial charge < -0.3 is 4.74 Å². The van der Waals surface area contributed by atoms with Gasteiger partial charge in [0.25, 0.3) is 0 Å². The van der Waals surface area contributed by atoms with Crippen LogP contribution in [0.25, 0.3) is 0 Å². The molecule has 0 aromatic heterocycles. The minimum absolute atomic E-state index is 0.0330. The summed E-state index contributed by atoms with van der Waals surface area (Å²) in [6, 6.07) is 0. The Bertz CT molecular complexity index is 472. The largest absolute Gasteiger partial charge is 0.461 e. The van der Waals surface area contributed by atoms with Gasteiger partial charge in [0.2, 0.25) is 0 Å². The third-order valence-corrected chi connectivity index (χ3v) is 5.76. The van der Waals surface area contributed by atoms with E-state index in [1.54, 1.807) is 0 Å². The van der Waals surface area contributed by atoms with Crippen LogP contribution >= 0.6 is 0 Å². The average molecular weight is 304 g/mol. The van der Waals surface area contributed by atoms with Gasteiger partial charge in [-0.3, -0.25) is 4.79 Å². The van der Waals surface area contributed by atoms with E-state index in [2.05, 4.69) is 45.9 Å². The van der Waals surface area contributed by atoms with Crippen LogP contribution in [0, 0.1) is 29.1 Å². The van der Waals surface area contributed by atoms with Crippen molar-refractivity contribution in [3.05, 3.63) is 23.8 Å². The van der Waals surface area contributed by atoms with E-state index in [1.807, 2.05) is 13.8 Å². The number of fused-ring (bicyclic) bond motifs is 1. The second kappa shape index (κ2) is 6.60. The summed E-state index contributed by atoms with van der Waals surface area (Å²) in [4.78, 5) is 12.6. The van der Waals surface area contributed by atoms with Gasteiger partial charge in [-0.05, 0) is 50.0 Å². The number of ether oxygens (including phenoxy) is 1. The predicted octanol–water partition coefficient (Wildman–Crippen LogP) is 5.15. The van der Waals surface area contributed by atoms with Crippen molar-refractivity contribution in [1.29, 1.82) is 0 Å². The van der Waals surface area contributed by atoms with Crippen molar-refractivity contribution in [1.82, 2.24) is 0 Å². The maximum absolute atomic E-state index is 12.6. The Morgan fingerprint density at radius 2 is 2.00 bits per heavy atom. The molecule has 0 bridgehead atoms. The van der Waals surface area contributed by atoms with Gasteiger partial charge in [-0.15, -0.1) is 0 Å². The van der Waals surface area contributed by atoms with Gasteiger partial charge in [-0.2, -0.15) is 0 Å². The lowest BCUT2D eigenvalue weighted by molar-refractivity contribution is -0.164. The van der Waals surface area contributed by atoms with Gasteiger partial charge in [0.05, 0.1) is 5.41 Å². The fourth-order valence-electron chi connectivity index (χ4n) is 3.85. The molecule has 2 aliphatic carbocycles. The minimum Gasteiger partial charge on any atom is -0.461 e. The fourth-order valence-corrected chi connectivity index (χ4v) is 3.85. The molecule has 0 aromatic carbocycles. The Labute approximate surface area is 136 Å². The Balaban J connectivity index is 2.26. The van der Waals surface area contributed by atoms with Crippen molar-refractivity contribution in [3.63, 3.8) is 0 Å². The highest BCUT2D eigenvalue weighted by Crippen LogP contribution is 2.44. The van der Waals surface area contributed by atoms with Gasteiger partial charge >= 0.3 is 5.97 Å². The molecule has 2 aliphatic rings. The first kappa shape index (κ1) is 17.3. The lowest BCUT2D eigenvalue weighted by atomic mass is 9.66. The van der Waals surface area contributed by atoms with E-state index < -0.39 is 0 Å². The van der Waals surface area contributed by atoms with Crippen molar-refractivity contribution in [2.45, 2.75) is 66.9 Å². The zero-order valence-electron chi connectivity index (χ0n) is 15.1. The minimum atomic E-state index is -0.387. The number of carbonyl (C=O) groups is 1. The second-order valence-electron chi connectivity index (χ2n) is 7.88. The predicted molar refractivity (Wildman–Crippen MR) is 91.4 cm³/mol. The molecule has 0 heterocycles. The monoisotopic (exact) mass is 304 g/mol. The molecule has 5 unspecified atom stereocenters. The third kappa shape index (κ3) is 3.31. The summed E-state index contributed by atoms with van der Waals surface area (Å²) in [6.07, 6.45) is 9.90. The van der Waals surface area contributed by atoms with Gasteiger partial charge in [0, 0.05) is 5.92 Å². The van der Waals surface area contributed by atoms with Crippen LogP contribution in [0.5, 0.6) is 0 Å². The first-order valence-corrected chi connectivity index (χ1v) is 8.91. The van der Waals surface area contributed by atoms with E-state index in [9.17, 15) is 4.79 Å². The lowest BCUT2D eigenvalue weighted by Gasteiger charge is -2.43. The number of rotatable bonds is 4. The summed E-state index contributed by atoms with van der Waals surface area (Å²) in [5, 5.41) is 0. The molecule has 5 atom stereocenters. The molecule has 2 nitrogen and oxygen atoms in total. The van der Waals surface area contributed by atoms with Crippen LogP contribution < -0.4 is 0 Å². The summed E-state index contributed by atoms with van der Waals surface area (Å²) >= 11 is 0. The number of allylic oxidation sites excluding steroid dienone is 3. The van der Waals surface area contributed by atoms with Crippen molar-refractivity contribution >= 4 is 5.97 Å². The Morgan fingerprint density at radius 1 is 1.32 bits per heavy atom. The van der Waals surface area contributed by atoms with Crippen LogP contribution in [0.4, 0.5) is 0 Å². The molecule has 0 spiro atoms. The van der Waals surface area contributed by atoms with Crippen LogP contribution in [0.2, 0.25) is 0 Å². The maximum Gasteiger partial charge on any atom is 0.311 e. The smallest absolute Gasteiger partial charge is 0.311 e. The average Bonchev–Trinajstić information content (AvgIpc) is 2.47. The van der Waals surface area contributed by atoms with Gasteiger partial charge in [-0.1, -0.05) is 52.3 Å². The van der Waals surface area contributed by atoms with Crippen molar-refractivity contribution < 1.29 is 9.53 Å². The summed E-state index contributed by atoms with van der Waals surface area (Å²) in [6.45, 7) is 12.8. The van der Waals surface area contributed by atoms with E-state index in [0.717, 1.165) is 19.3 Å². The topological polar surface area (TPSA) is 26.3 Å². The molecule has 0 fully saturated rings. The molecule has 2 rings (SSSR count). The SMILES string of the molecule is CCC1C(C)C=CC2=CC(C)CC(OC(=O)C(C)(C)CC)C21. The molecular formula is C20H32O2. The highest BCUT2D eigenvalue weighted by Gasteiger charge is 2.42. The Morgan fingerprint density at radius 3 is 2.59 bits per heavy atom. The molecule has 0 saturated carbocycles. The molecular weight excluding hydrogens is 272 g/mol. The van der Waals surface area contributed by atoms with Crippen LogP contribution in [0.1, 0.15) is 60.8 Å². The first-order chi connectivity index (χ1) is 10.3. The second-order valence-corrected chi connectivity index (χ2v) is 7.88. The Kier molecular flexibility index (Phi) is 5.19. The highest BCUT2D eigenvalue weighted by molar-refractivity contribution is 5.76. The van der Waals surface area contributed by atoms with E-state index in [-0.39, 0.29) is 17.5 Å². The summed E-state index contributed by atoms with van der Waals surface area (Å²) in [7, 11) is 0. The number of hydrogen-bond donors (Lipinski definition) is 0. The van der Waals surface area contributed by atoms with Crippen LogP contribution in [0.3, 0.4) is 0 Å². The fraction of sp³-hybridized carbons (Fsp3) is 0.750. The van der Waals surface area contributed by atoms with Gasteiger partial charge in [0.15, 0.2) is 0 Å². The zero-order valence-corrected chi connectivity index (χ0v) is 15.1. The third-order valence-electron chi connectivity index (χ3n) is 5.76. The molecule has 2 heteroatoms. The number of carbonyl (C=O) groups excluding carboxylic acids is 1. The number of hydrogen-bond acceptors (Lipinski definition) is 2. The summed E-state index contributed by atoms with van der Waals surface area (Å²) in [5.41, 5.74) is 0.998. The van der Waals surface area contributed by atoms with E-state index in [0.29, 0.717) is 23.7 Å². The first-order valence-electron chi connectivity index (χ1n) is 8.91. The molecule has 22 heavy (non-hydrogen) atoms. The molecule has 0 N–H and O–H groups in total. The van der Waals surface area contributed by atoms with Gasteiger partial charge in [-0.25, -0.2) is 0 Å². The van der Waals surface area contributed by atoms with Crippen molar-refractivity contribution in [2.24, 2.45) is 29.1 Å². The van der Waals surface area contributed by atoms with E-state index in [1.165, 1.54) is 5.57 Å². The highest BCUT2D eigenvalue weighted by atomic mass is 16.5. The lowest BCUT2D eigenvalue weighted by Crippen LogP contribution is -2.42. The van der Waals surface area contributed by atoms with Crippen LogP contribution in [-0.2, 0) is 9.53 Å². The Hall–Kier alpha value is -1.05. The van der Waals surface area contributed by atoms with Crippen LogP contribution in [0.15, 0.2) is 23.8 Å². The molecule has 0 saturated heterocycles. The molecule has 0 radical (unpaired) electrons. The van der Waals surface area contributed by atoms with Gasteiger partial charge in [0.1, 0.15) is 6.10 Å². The normalized spacial score (nSPS) is 34.8. The van der Waals surface area contributed by atoms with Crippen molar-refractivity contribution in [2.75, 3.05) is 0 Å². The quantitative estimate of drug-likeness (QED) is 0.671. The number of esters is 1. The molecule has 0 aliphatic heterocycles. The van der Waals surface area contributed by atoms with Crippen molar-refractivity contribution in [3.8, 4) is 0 Å². The molecule has 0 amide bonds. The van der Waals surface area contributed by atoms with E-state index in [4.69, 9.17) is 4.74 Å².